The molecule has 0 radical (unpaired) electrons. The van der Waals surface area contributed by atoms with Crippen molar-refractivity contribution in [2.75, 3.05) is 20.5 Å². The molecule has 20 heavy (non-hydrogen) atoms. The highest BCUT2D eigenvalue weighted by Crippen LogP contribution is 2.36. The highest BCUT2D eigenvalue weighted by Gasteiger charge is 2.18. The lowest BCUT2D eigenvalue weighted by Gasteiger charge is -2.12. The predicted octanol–water partition coefficient (Wildman–Crippen LogP) is 0.959. The number of benzene rings is 1. The van der Waals surface area contributed by atoms with Gasteiger partial charge in [0.1, 0.15) is 17.2 Å². The van der Waals surface area contributed by atoms with Crippen molar-refractivity contribution in [1.82, 2.24) is 15.2 Å². The summed E-state index contributed by atoms with van der Waals surface area (Å²) in [6, 6.07) is 5.20. The molecule has 0 N–H and O–H groups in total. The van der Waals surface area contributed by atoms with Crippen molar-refractivity contribution in [2.24, 2.45) is 0 Å². The van der Waals surface area contributed by atoms with Crippen LogP contribution in [0.2, 0.25) is 0 Å². The van der Waals surface area contributed by atoms with E-state index in [1.54, 1.807) is 18.2 Å². The lowest BCUT2D eigenvalue weighted by atomic mass is 10.1. The molecule has 0 saturated carbocycles. The Kier molecular flexibility index (Phi) is 3.84. The van der Waals surface area contributed by atoms with E-state index >= 15 is 0 Å². The molecule has 1 aromatic heterocycles. The molecule has 0 fully saturated rings. The van der Waals surface area contributed by atoms with E-state index in [4.69, 9.17) is 9.47 Å². The third-order valence-corrected chi connectivity index (χ3v) is 3.39. The predicted molar refractivity (Wildman–Crippen MR) is 71.5 cm³/mol. The maximum absolute atomic E-state index is 11.5. The minimum atomic E-state index is -3.54. The summed E-state index contributed by atoms with van der Waals surface area (Å²) in [6.45, 7) is 0. The van der Waals surface area contributed by atoms with Crippen molar-refractivity contribution in [1.29, 1.82) is 0 Å². The molecule has 0 saturated heterocycles. The SMILES string of the molecule is COc1cccc(OC)c1-c1cnnc(S(C)(=O)=O)n1. The van der Waals surface area contributed by atoms with Crippen LogP contribution in [0.5, 0.6) is 11.5 Å². The van der Waals surface area contributed by atoms with Crippen molar-refractivity contribution in [3.05, 3.63) is 24.4 Å². The summed E-state index contributed by atoms with van der Waals surface area (Å²) >= 11 is 0. The summed E-state index contributed by atoms with van der Waals surface area (Å²) < 4.78 is 33.5. The van der Waals surface area contributed by atoms with E-state index in [0.717, 1.165) is 6.26 Å². The second-order valence-electron chi connectivity index (χ2n) is 3.93. The number of ether oxygens (including phenoxy) is 2. The van der Waals surface area contributed by atoms with Crippen molar-refractivity contribution < 1.29 is 17.9 Å². The van der Waals surface area contributed by atoms with Crippen LogP contribution in [-0.4, -0.2) is 44.1 Å². The fourth-order valence-electron chi connectivity index (χ4n) is 1.67. The third kappa shape index (κ3) is 2.69. The molecule has 0 aliphatic rings. The van der Waals surface area contributed by atoms with Gasteiger partial charge in [-0.1, -0.05) is 6.07 Å². The largest absolute Gasteiger partial charge is 0.496 e. The smallest absolute Gasteiger partial charge is 0.267 e. The van der Waals surface area contributed by atoms with Crippen LogP contribution in [0.1, 0.15) is 0 Å². The van der Waals surface area contributed by atoms with Crippen LogP contribution in [0.3, 0.4) is 0 Å². The van der Waals surface area contributed by atoms with Gasteiger partial charge >= 0.3 is 0 Å². The second kappa shape index (κ2) is 5.41. The molecular formula is C12H13N3O4S. The first kappa shape index (κ1) is 14.2. The Labute approximate surface area is 116 Å². The van der Waals surface area contributed by atoms with E-state index in [-0.39, 0.29) is 5.16 Å². The zero-order valence-electron chi connectivity index (χ0n) is 11.2. The number of rotatable bonds is 4. The average Bonchev–Trinajstić information content (AvgIpc) is 2.45. The average molecular weight is 295 g/mol. The van der Waals surface area contributed by atoms with E-state index in [2.05, 4.69) is 15.2 Å². The van der Waals surface area contributed by atoms with E-state index in [1.807, 2.05) is 0 Å². The lowest BCUT2D eigenvalue weighted by molar-refractivity contribution is 0.397. The summed E-state index contributed by atoms with van der Waals surface area (Å²) in [5.41, 5.74) is 0.840. The first-order valence-corrected chi connectivity index (χ1v) is 7.47. The molecule has 8 heteroatoms. The fraction of sp³-hybridized carbons (Fsp3) is 0.250. The number of hydrogen-bond donors (Lipinski definition) is 0. The van der Waals surface area contributed by atoms with Gasteiger partial charge in [-0.25, -0.2) is 13.4 Å². The highest BCUT2D eigenvalue weighted by molar-refractivity contribution is 7.90. The number of methoxy groups -OCH3 is 2. The molecule has 2 rings (SSSR count). The molecule has 0 unspecified atom stereocenters. The van der Waals surface area contributed by atoms with Crippen LogP contribution in [-0.2, 0) is 9.84 Å². The Hall–Kier alpha value is -2.22. The summed E-state index contributed by atoms with van der Waals surface area (Å²) in [6.07, 6.45) is 2.38. The quantitative estimate of drug-likeness (QED) is 0.829. The van der Waals surface area contributed by atoms with Crippen LogP contribution < -0.4 is 9.47 Å². The first-order valence-electron chi connectivity index (χ1n) is 5.58. The van der Waals surface area contributed by atoms with Gasteiger partial charge in [-0.2, -0.15) is 5.10 Å². The topological polar surface area (TPSA) is 91.3 Å². The molecule has 2 aromatic rings. The molecule has 0 aliphatic carbocycles. The third-order valence-electron chi connectivity index (χ3n) is 2.56. The summed E-state index contributed by atoms with van der Waals surface area (Å²) in [5.74, 6) is 1.01. The lowest BCUT2D eigenvalue weighted by Crippen LogP contribution is -2.06. The van der Waals surface area contributed by atoms with Crippen molar-refractivity contribution in [2.45, 2.75) is 5.16 Å². The van der Waals surface area contributed by atoms with Gasteiger partial charge in [0, 0.05) is 6.26 Å². The normalized spacial score (nSPS) is 11.2. The minimum Gasteiger partial charge on any atom is -0.496 e. The Morgan fingerprint density at radius 2 is 1.70 bits per heavy atom. The fourth-order valence-corrected chi connectivity index (χ4v) is 2.13. The van der Waals surface area contributed by atoms with Gasteiger partial charge in [-0.05, 0) is 12.1 Å². The van der Waals surface area contributed by atoms with E-state index in [9.17, 15) is 8.42 Å². The first-order chi connectivity index (χ1) is 9.47. The number of aromatic nitrogens is 3. The maximum atomic E-state index is 11.5. The molecular weight excluding hydrogens is 282 g/mol. The van der Waals surface area contributed by atoms with Crippen molar-refractivity contribution >= 4 is 9.84 Å². The molecule has 7 nitrogen and oxygen atoms in total. The van der Waals surface area contributed by atoms with Gasteiger partial charge in [0.15, 0.2) is 0 Å². The van der Waals surface area contributed by atoms with Crippen molar-refractivity contribution in [3.63, 3.8) is 0 Å². The molecule has 0 amide bonds. The Balaban J connectivity index is 2.68. The second-order valence-corrected chi connectivity index (χ2v) is 5.84. The Morgan fingerprint density at radius 1 is 1.10 bits per heavy atom. The summed E-state index contributed by atoms with van der Waals surface area (Å²) in [4.78, 5) is 4.01. The number of nitrogens with zero attached hydrogens (tertiary/aromatic N) is 3. The molecule has 0 atom stereocenters. The zero-order valence-corrected chi connectivity index (χ0v) is 12.0. The maximum Gasteiger partial charge on any atom is 0.267 e. The van der Waals surface area contributed by atoms with Crippen LogP contribution in [0, 0.1) is 0 Å². The van der Waals surface area contributed by atoms with Crippen molar-refractivity contribution in [3.8, 4) is 22.8 Å². The zero-order chi connectivity index (χ0) is 14.8. The van der Waals surface area contributed by atoms with E-state index in [1.165, 1.54) is 20.4 Å². The van der Waals surface area contributed by atoms with Gasteiger partial charge in [-0.3, -0.25) is 0 Å². The van der Waals surface area contributed by atoms with Crippen LogP contribution in [0.15, 0.2) is 29.6 Å². The van der Waals surface area contributed by atoms with E-state index < -0.39 is 9.84 Å². The minimum absolute atomic E-state index is 0.315. The molecule has 0 aliphatic heterocycles. The van der Waals surface area contributed by atoms with Crippen LogP contribution in [0.4, 0.5) is 0 Å². The molecule has 0 spiro atoms. The monoisotopic (exact) mass is 295 g/mol. The number of sulfone groups is 1. The van der Waals surface area contributed by atoms with Gasteiger partial charge in [0.25, 0.3) is 5.16 Å². The van der Waals surface area contributed by atoms with Gasteiger partial charge in [-0.15, -0.1) is 5.10 Å². The molecule has 0 bridgehead atoms. The van der Waals surface area contributed by atoms with E-state index in [0.29, 0.717) is 22.8 Å². The van der Waals surface area contributed by atoms with Gasteiger partial charge in [0.2, 0.25) is 9.84 Å². The van der Waals surface area contributed by atoms with Gasteiger partial charge in [0.05, 0.1) is 26.0 Å². The molecule has 1 aromatic carbocycles. The van der Waals surface area contributed by atoms with Gasteiger partial charge < -0.3 is 9.47 Å². The standard InChI is InChI=1S/C12H13N3O4S/c1-18-9-5-4-6-10(19-2)11(9)8-7-13-15-12(14-8)20(3,16)17/h4-7H,1-3H3. The Morgan fingerprint density at radius 3 is 2.20 bits per heavy atom. The summed E-state index contributed by atoms with van der Waals surface area (Å²) in [5, 5.41) is 6.85. The Bertz CT molecular complexity index is 709. The highest BCUT2D eigenvalue weighted by atomic mass is 32.2. The molecule has 106 valence electrons. The summed E-state index contributed by atoms with van der Waals surface area (Å²) in [7, 11) is -0.530. The van der Waals surface area contributed by atoms with Crippen LogP contribution in [0.25, 0.3) is 11.3 Å². The number of hydrogen-bond acceptors (Lipinski definition) is 7. The molecule has 1 heterocycles. The van der Waals surface area contributed by atoms with Crippen LogP contribution >= 0.6 is 0 Å².